The Balaban J connectivity index is 1.19. The van der Waals surface area contributed by atoms with Crippen molar-refractivity contribution in [1.82, 2.24) is 14.7 Å². The maximum atomic E-state index is 13.2. The van der Waals surface area contributed by atoms with Crippen LogP contribution in [0.5, 0.6) is 0 Å². The SMILES string of the molecule is CCC(C(=O)N1CCN(C(=O)CCN2CCc3sccc3C2c2ccccc2C)CC1)c1ccccc1. The molecular weight excluding hydrogens is 478 g/mol. The zero-order valence-corrected chi connectivity index (χ0v) is 22.8. The number of nitrogens with zero attached hydrogens (tertiary/aromatic N) is 3. The van der Waals surface area contributed by atoms with Gasteiger partial charge in [0.2, 0.25) is 11.8 Å². The summed E-state index contributed by atoms with van der Waals surface area (Å²) in [5.41, 5.74) is 5.11. The molecule has 2 aromatic carbocycles. The van der Waals surface area contributed by atoms with Crippen LogP contribution in [0.3, 0.4) is 0 Å². The second-order valence-corrected chi connectivity index (χ2v) is 11.2. The van der Waals surface area contributed by atoms with E-state index in [1.807, 2.05) is 51.5 Å². The Morgan fingerprint density at radius 3 is 2.32 bits per heavy atom. The molecule has 5 nitrogen and oxygen atoms in total. The van der Waals surface area contributed by atoms with Crippen molar-refractivity contribution in [2.24, 2.45) is 0 Å². The molecule has 2 unspecified atom stereocenters. The maximum absolute atomic E-state index is 13.2. The minimum atomic E-state index is -0.108. The number of carbonyl (C=O) groups excluding carboxylic acids is 2. The molecule has 1 saturated heterocycles. The van der Waals surface area contributed by atoms with Crippen LogP contribution in [0.4, 0.5) is 0 Å². The zero-order valence-electron chi connectivity index (χ0n) is 21.9. The third-order valence-corrected chi connectivity index (χ3v) is 9.01. The highest BCUT2D eigenvalue weighted by Gasteiger charge is 2.32. The molecule has 1 aromatic heterocycles. The van der Waals surface area contributed by atoms with E-state index < -0.39 is 0 Å². The average molecular weight is 516 g/mol. The van der Waals surface area contributed by atoms with E-state index in [1.165, 1.54) is 21.6 Å². The Hall–Kier alpha value is -2.96. The van der Waals surface area contributed by atoms with Gasteiger partial charge in [-0.25, -0.2) is 0 Å². The summed E-state index contributed by atoms with van der Waals surface area (Å²) in [6, 6.07) is 21.1. The van der Waals surface area contributed by atoms with E-state index >= 15 is 0 Å². The summed E-state index contributed by atoms with van der Waals surface area (Å²) < 4.78 is 0. The van der Waals surface area contributed by atoms with Gasteiger partial charge in [0.15, 0.2) is 0 Å². The lowest BCUT2D eigenvalue weighted by Gasteiger charge is -2.38. The first-order valence-corrected chi connectivity index (χ1v) is 14.4. The molecule has 3 heterocycles. The number of rotatable bonds is 7. The molecule has 194 valence electrons. The lowest BCUT2D eigenvalue weighted by atomic mass is 9.90. The normalized spacial score (nSPS) is 18.9. The van der Waals surface area contributed by atoms with Crippen LogP contribution in [0.15, 0.2) is 66.0 Å². The van der Waals surface area contributed by atoms with E-state index in [9.17, 15) is 9.59 Å². The first-order chi connectivity index (χ1) is 18.1. The molecule has 37 heavy (non-hydrogen) atoms. The fourth-order valence-electron chi connectivity index (χ4n) is 5.90. The Labute approximate surface area is 224 Å². The number of fused-ring (bicyclic) bond motifs is 1. The second-order valence-electron chi connectivity index (χ2n) is 10.2. The van der Waals surface area contributed by atoms with Crippen LogP contribution < -0.4 is 0 Å². The van der Waals surface area contributed by atoms with Crippen LogP contribution in [0, 0.1) is 6.92 Å². The van der Waals surface area contributed by atoms with Gasteiger partial charge in [0.05, 0.1) is 12.0 Å². The monoisotopic (exact) mass is 515 g/mol. The van der Waals surface area contributed by atoms with E-state index in [0.717, 1.165) is 31.5 Å². The summed E-state index contributed by atoms with van der Waals surface area (Å²) in [7, 11) is 0. The van der Waals surface area contributed by atoms with Gasteiger partial charge in [0, 0.05) is 50.6 Å². The predicted molar refractivity (Wildman–Crippen MR) is 150 cm³/mol. The predicted octanol–water partition coefficient (Wildman–Crippen LogP) is 5.26. The highest BCUT2D eigenvalue weighted by molar-refractivity contribution is 7.10. The zero-order chi connectivity index (χ0) is 25.8. The molecule has 6 heteroatoms. The fourth-order valence-corrected chi connectivity index (χ4v) is 6.80. The van der Waals surface area contributed by atoms with Gasteiger partial charge in [-0.05, 0) is 53.5 Å². The molecule has 0 bridgehead atoms. The van der Waals surface area contributed by atoms with Gasteiger partial charge in [-0.1, -0.05) is 61.5 Å². The summed E-state index contributed by atoms with van der Waals surface area (Å²) in [6.45, 7) is 8.43. The first-order valence-electron chi connectivity index (χ1n) is 13.5. The summed E-state index contributed by atoms with van der Waals surface area (Å²) >= 11 is 1.85. The van der Waals surface area contributed by atoms with Crippen molar-refractivity contribution in [2.45, 2.75) is 45.1 Å². The minimum absolute atomic E-state index is 0.108. The smallest absolute Gasteiger partial charge is 0.230 e. The second kappa shape index (κ2) is 11.6. The van der Waals surface area contributed by atoms with E-state index in [-0.39, 0.29) is 23.8 Å². The average Bonchev–Trinajstić information content (AvgIpc) is 3.42. The maximum Gasteiger partial charge on any atom is 0.230 e. The lowest BCUT2D eigenvalue weighted by molar-refractivity contribution is -0.140. The Morgan fingerprint density at radius 2 is 1.59 bits per heavy atom. The van der Waals surface area contributed by atoms with Crippen LogP contribution in [0.1, 0.15) is 58.9 Å². The molecule has 3 aromatic rings. The van der Waals surface area contributed by atoms with Crippen molar-refractivity contribution >= 4 is 23.2 Å². The molecule has 0 radical (unpaired) electrons. The number of amides is 2. The van der Waals surface area contributed by atoms with Crippen LogP contribution in [0.2, 0.25) is 0 Å². The fraction of sp³-hybridized carbons (Fsp3) is 0.419. The first kappa shape index (κ1) is 25.7. The highest BCUT2D eigenvalue weighted by Crippen LogP contribution is 2.39. The molecule has 0 aliphatic carbocycles. The van der Waals surface area contributed by atoms with Crippen molar-refractivity contribution in [2.75, 3.05) is 39.3 Å². The van der Waals surface area contributed by atoms with Gasteiger partial charge in [-0.2, -0.15) is 0 Å². The van der Waals surface area contributed by atoms with Crippen molar-refractivity contribution in [3.63, 3.8) is 0 Å². The van der Waals surface area contributed by atoms with Crippen LogP contribution >= 0.6 is 11.3 Å². The van der Waals surface area contributed by atoms with Crippen LogP contribution in [0.25, 0.3) is 0 Å². The molecule has 2 aliphatic heterocycles. The quantitative estimate of drug-likeness (QED) is 0.431. The molecule has 1 fully saturated rings. The Bertz CT molecular complexity index is 1220. The van der Waals surface area contributed by atoms with Gasteiger partial charge in [0.1, 0.15) is 0 Å². The lowest BCUT2D eigenvalue weighted by Crippen LogP contribution is -2.52. The molecule has 2 aliphatic rings. The minimum Gasteiger partial charge on any atom is -0.339 e. The molecule has 5 rings (SSSR count). The number of hydrogen-bond acceptors (Lipinski definition) is 4. The van der Waals surface area contributed by atoms with Gasteiger partial charge >= 0.3 is 0 Å². The van der Waals surface area contributed by atoms with E-state index in [2.05, 4.69) is 54.5 Å². The summed E-state index contributed by atoms with van der Waals surface area (Å²) in [5.74, 6) is 0.270. The van der Waals surface area contributed by atoms with Gasteiger partial charge in [0.25, 0.3) is 0 Å². The number of hydrogen-bond donors (Lipinski definition) is 0. The van der Waals surface area contributed by atoms with E-state index in [4.69, 9.17) is 0 Å². The number of piperazine rings is 1. The summed E-state index contributed by atoms with van der Waals surface area (Å²) in [6.07, 6.45) is 2.34. The van der Waals surface area contributed by atoms with Gasteiger partial charge in [-0.3, -0.25) is 14.5 Å². The number of benzene rings is 2. The molecule has 0 saturated carbocycles. The summed E-state index contributed by atoms with van der Waals surface area (Å²) in [5, 5.41) is 2.20. The van der Waals surface area contributed by atoms with Crippen molar-refractivity contribution < 1.29 is 9.59 Å². The molecule has 0 spiro atoms. The molecule has 2 atom stereocenters. The number of carbonyl (C=O) groups is 2. The number of thiophene rings is 1. The molecular formula is C31H37N3O2S. The third-order valence-electron chi connectivity index (χ3n) is 8.01. The largest absolute Gasteiger partial charge is 0.339 e. The Kier molecular flexibility index (Phi) is 8.06. The van der Waals surface area contributed by atoms with Crippen LogP contribution in [-0.2, 0) is 16.0 Å². The Morgan fingerprint density at radius 1 is 0.892 bits per heavy atom. The third kappa shape index (κ3) is 5.51. The summed E-state index contributed by atoms with van der Waals surface area (Å²) in [4.78, 5) is 34.3. The van der Waals surface area contributed by atoms with E-state index in [0.29, 0.717) is 32.6 Å². The number of aryl methyl sites for hydroxylation is 1. The van der Waals surface area contributed by atoms with Gasteiger partial charge < -0.3 is 9.80 Å². The molecule has 2 amide bonds. The van der Waals surface area contributed by atoms with E-state index in [1.54, 1.807) is 0 Å². The van der Waals surface area contributed by atoms with Crippen molar-refractivity contribution in [3.8, 4) is 0 Å². The van der Waals surface area contributed by atoms with Crippen molar-refractivity contribution in [3.05, 3.63) is 93.2 Å². The molecule has 0 N–H and O–H groups in total. The van der Waals surface area contributed by atoms with Gasteiger partial charge in [-0.15, -0.1) is 11.3 Å². The standard InChI is InChI=1S/C31H37N3O2S/c1-3-25(24-10-5-4-6-11-24)31(36)34-20-18-32(19-21-34)29(35)14-17-33-16-13-28-27(15-22-37-28)30(33)26-12-8-7-9-23(26)2/h4-12,15,22,25,30H,3,13-14,16-21H2,1-2H3. The highest BCUT2D eigenvalue weighted by atomic mass is 32.1. The van der Waals surface area contributed by atoms with Crippen molar-refractivity contribution in [1.29, 1.82) is 0 Å². The van der Waals surface area contributed by atoms with Crippen LogP contribution in [-0.4, -0.2) is 65.8 Å². The topological polar surface area (TPSA) is 43.9 Å².